The standard InChI is InChI=1S/C8H16N2O2/c1-2-8(12)4-3-5-10(8)6-7(9)11/h12H,2-6H2,1H3,(H2,9,11)/t8-/m0/s1. The van der Waals surface area contributed by atoms with E-state index in [0.29, 0.717) is 6.42 Å². The summed E-state index contributed by atoms with van der Waals surface area (Å²) >= 11 is 0. The fourth-order valence-electron chi connectivity index (χ4n) is 1.73. The van der Waals surface area contributed by atoms with E-state index >= 15 is 0 Å². The van der Waals surface area contributed by atoms with Crippen molar-refractivity contribution in [1.29, 1.82) is 0 Å². The lowest BCUT2D eigenvalue weighted by Crippen LogP contribution is -2.47. The first-order chi connectivity index (χ1) is 5.58. The van der Waals surface area contributed by atoms with Crippen LogP contribution in [0.25, 0.3) is 0 Å². The topological polar surface area (TPSA) is 66.6 Å². The zero-order chi connectivity index (χ0) is 9.19. The largest absolute Gasteiger partial charge is 0.376 e. The lowest BCUT2D eigenvalue weighted by atomic mass is 10.1. The summed E-state index contributed by atoms with van der Waals surface area (Å²) in [5.41, 5.74) is 4.27. The van der Waals surface area contributed by atoms with Gasteiger partial charge in [0.2, 0.25) is 5.91 Å². The molecule has 0 aromatic rings. The first-order valence-electron chi connectivity index (χ1n) is 4.34. The van der Waals surface area contributed by atoms with Crippen LogP contribution in [0, 0.1) is 0 Å². The highest BCUT2D eigenvalue weighted by Crippen LogP contribution is 2.28. The Kier molecular flexibility index (Phi) is 2.69. The van der Waals surface area contributed by atoms with Crippen molar-refractivity contribution in [2.45, 2.75) is 31.9 Å². The zero-order valence-electron chi connectivity index (χ0n) is 7.42. The first-order valence-corrected chi connectivity index (χ1v) is 4.34. The Hall–Kier alpha value is -0.610. The second kappa shape index (κ2) is 3.41. The van der Waals surface area contributed by atoms with E-state index in [1.54, 1.807) is 4.90 Å². The monoisotopic (exact) mass is 172 g/mol. The molecule has 1 atom stereocenters. The van der Waals surface area contributed by atoms with Crippen LogP contribution >= 0.6 is 0 Å². The quantitative estimate of drug-likeness (QED) is 0.612. The molecule has 1 rings (SSSR count). The lowest BCUT2D eigenvalue weighted by Gasteiger charge is -2.31. The van der Waals surface area contributed by atoms with Crippen molar-refractivity contribution in [3.63, 3.8) is 0 Å². The van der Waals surface area contributed by atoms with Crippen LogP contribution in [0.1, 0.15) is 26.2 Å². The van der Waals surface area contributed by atoms with E-state index < -0.39 is 5.72 Å². The Morgan fingerprint density at radius 2 is 2.42 bits per heavy atom. The Bertz CT molecular complexity index is 184. The highest BCUT2D eigenvalue weighted by molar-refractivity contribution is 5.76. The number of primary amides is 1. The van der Waals surface area contributed by atoms with Gasteiger partial charge in [-0.15, -0.1) is 0 Å². The van der Waals surface area contributed by atoms with Gasteiger partial charge in [0.25, 0.3) is 0 Å². The molecule has 0 spiro atoms. The Morgan fingerprint density at radius 1 is 1.75 bits per heavy atom. The van der Waals surface area contributed by atoms with Crippen LogP contribution in [0.2, 0.25) is 0 Å². The van der Waals surface area contributed by atoms with Crippen LogP contribution in [0.15, 0.2) is 0 Å². The number of carbonyl (C=O) groups is 1. The molecular formula is C8H16N2O2. The van der Waals surface area contributed by atoms with Gasteiger partial charge in [-0.25, -0.2) is 0 Å². The third kappa shape index (κ3) is 1.76. The minimum Gasteiger partial charge on any atom is -0.376 e. The molecule has 12 heavy (non-hydrogen) atoms. The summed E-state index contributed by atoms with van der Waals surface area (Å²) < 4.78 is 0. The van der Waals surface area contributed by atoms with Crippen molar-refractivity contribution in [2.75, 3.05) is 13.1 Å². The predicted octanol–water partition coefficient (Wildman–Crippen LogP) is -0.334. The van der Waals surface area contributed by atoms with Crippen molar-refractivity contribution in [2.24, 2.45) is 5.73 Å². The average molecular weight is 172 g/mol. The van der Waals surface area contributed by atoms with Gasteiger partial charge in [0.15, 0.2) is 0 Å². The molecule has 1 fully saturated rings. The van der Waals surface area contributed by atoms with E-state index in [1.165, 1.54) is 0 Å². The van der Waals surface area contributed by atoms with E-state index in [1.807, 2.05) is 6.92 Å². The number of rotatable bonds is 3. The maximum Gasteiger partial charge on any atom is 0.231 e. The number of nitrogens with two attached hydrogens (primary N) is 1. The molecule has 0 saturated carbocycles. The highest BCUT2D eigenvalue weighted by atomic mass is 16.3. The molecule has 0 unspecified atom stereocenters. The Morgan fingerprint density at radius 3 is 2.92 bits per heavy atom. The van der Waals surface area contributed by atoms with Crippen molar-refractivity contribution < 1.29 is 9.90 Å². The number of likely N-dealkylation sites (tertiary alicyclic amines) is 1. The van der Waals surface area contributed by atoms with Gasteiger partial charge in [0, 0.05) is 6.54 Å². The third-order valence-electron chi connectivity index (χ3n) is 2.51. The molecule has 1 amide bonds. The minimum absolute atomic E-state index is 0.171. The van der Waals surface area contributed by atoms with Gasteiger partial charge in [-0.2, -0.15) is 0 Å². The molecule has 4 heteroatoms. The maximum absolute atomic E-state index is 10.6. The third-order valence-corrected chi connectivity index (χ3v) is 2.51. The predicted molar refractivity (Wildman–Crippen MR) is 45.2 cm³/mol. The Balaban J connectivity index is 2.57. The fraction of sp³-hybridized carbons (Fsp3) is 0.875. The van der Waals surface area contributed by atoms with Crippen LogP contribution in [0.4, 0.5) is 0 Å². The molecule has 1 aliphatic heterocycles. The van der Waals surface area contributed by atoms with Crippen LogP contribution in [-0.2, 0) is 4.79 Å². The molecule has 1 aliphatic rings. The van der Waals surface area contributed by atoms with E-state index in [-0.39, 0.29) is 12.5 Å². The van der Waals surface area contributed by atoms with Gasteiger partial charge in [-0.1, -0.05) is 6.92 Å². The lowest BCUT2D eigenvalue weighted by molar-refractivity contribution is -0.128. The molecule has 0 aromatic carbocycles. The SMILES string of the molecule is CC[C@]1(O)CCCN1CC(N)=O. The molecular weight excluding hydrogens is 156 g/mol. The average Bonchev–Trinajstić information content (AvgIpc) is 2.33. The van der Waals surface area contributed by atoms with Gasteiger partial charge in [-0.3, -0.25) is 9.69 Å². The number of nitrogens with zero attached hydrogens (tertiary/aromatic N) is 1. The molecule has 1 saturated heterocycles. The number of amides is 1. The van der Waals surface area contributed by atoms with Gasteiger partial charge >= 0.3 is 0 Å². The molecule has 1 heterocycles. The number of hydrogen-bond donors (Lipinski definition) is 2. The fourth-order valence-corrected chi connectivity index (χ4v) is 1.73. The summed E-state index contributed by atoms with van der Waals surface area (Å²) in [6.07, 6.45) is 2.34. The second-order valence-corrected chi connectivity index (χ2v) is 3.33. The Labute approximate surface area is 72.3 Å². The maximum atomic E-state index is 10.6. The summed E-state index contributed by atoms with van der Waals surface area (Å²) in [6.45, 7) is 2.86. The van der Waals surface area contributed by atoms with Crippen LogP contribution in [0.3, 0.4) is 0 Å². The van der Waals surface area contributed by atoms with Gasteiger partial charge in [0.1, 0.15) is 5.72 Å². The van der Waals surface area contributed by atoms with E-state index in [9.17, 15) is 9.90 Å². The first kappa shape index (κ1) is 9.48. The van der Waals surface area contributed by atoms with Crippen molar-refractivity contribution in [3.05, 3.63) is 0 Å². The molecule has 4 nitrogen and oxygen atoms in total. The normalized spacial score (nSPS) is 30.8. The molecule has 0 aliphatic carbocycles. The summed E-state index contributed by atoms with van der Waals surface area (Å²) in [7, 11) is 0. The molecule has 0 bridgehead atoms. The van der Waals surface area contributed by atoms with Crippen LogP contribution in [0.5, 0.6) is 0 Å². The van der Waals surface area contributed by atoms with Crippen molar-refractivity contribution in [1.82, 2.24) is 4.90 Å². The summed E-state index contributed by atoms with van der Waals surface area (Å²) in [5, 5.41) is 9.93. The number of hydrogen-bond acceptors (Lipinski definition) is 3. The van der Waals surface area contributed by atoms with E-state index in [2.05, 4.69) is 0 Å². The van der Waals surface area contributed by atoms with Crippen LogP contribution < -0.4 is 5.73 Å². The smallest absolute Gasteiger partial charge is 0.231 e. The molecule has 70 valence electrons. The van der Waals surface area contributed by atoms with E-state index in [4.69, 9.17) is 5.73 Å². The summed E-state index contributed by atoms with van der Waals surface area (Å²) in [5.74, 6) is -0.372. The van der Waals surface area contributed by atoms with Crippen molar-refractivity contribution in [3.8, 4) is 0 Å². The van der Waals surface area contributed by atoms with Gasteiger partial charge < -0.3 is 10.8 Å². The second-order valence-electron chi connectivity index (χ2n) is 3.33. The number of aliphatic hydroxyl groups is 1. The van der Waals surface area contributed by atoms with Crippen molar-refractivity contribution >= 4 is 5.91 Å². The number of carbonyl (C=O) groups excluding carboxylic acids is 1. The summed E-state index contributed by atoms with van der Waals surface area (Å²) in [6, 6.07) is 0. The van der Waals surface area contributed by atoms with Crippen LogP contribution in [-0.4, -0.2) is 34.7 Å². The highest BCUT2D eigenvalue weighted by Gasteiger charge is 2.37. The van der Waals surface area contributed by atoms with E-state index in [0.717, 1.165) is 19.4 Å². The molecule has 3 N–H and O–H groups in total. The molecule has 0 radical (unpaired) electrons. The molecule has 0 aromatic heterocycles. The summed E-state index contributed by atoms with van der Waals surface area (Å²) in [4.78, 5) is 12.4. The van der Waals surface area contributed by atoms with Gasteiger partial charge in [-0.05, 0) is 19.3 Å². The minimum atomic E-state index is -0.783. The van der Waals surface area contributed by atoms with Gasteiger partial charge in [0.05, 0.1) is 6.54 Å². The zero-order valence-corrected chi connectivity index (χ0v) is 7.42.